The van der Waals surface area contributed by atoms with E-state index in [1.165, 1.54) is 0 Å². The van der Waals surface area contributed by atoms with Gasteiger partial charge < -0.3 is 10.1 Å². The molecule has 0 amide bonds. The molecule has 150 valence electrons. The molecule has 5 rings (SSSR count). The number of benzene rings is 2. The van der Waals surface area contributed by atoms with Crippen LogP contribution < -0.4 is 10.1 Å². The second-order valence-corrected chi connectivity index (χ2v) is 8.15. The summed E-state index contributed by atoms with van der Waals surface area (Å²) >= 11 is 12.9. The molecule has 2 aliphatic rings. The Morgan fingerprint density at radius 1 is 1.10 bits per heavy atom. The molecule has 7 nitrogen and oxygen atoms in total. The number of piperazine rings is 1. The largest absolute Gasteiger partial charge is 0.484 e. The molecule has 1 saturated heterocycles. The van der Waals surface area contributed by atoms with Crippen LogP contribution in [0.1, 0.15) is 17.2 Å². The van der Waals surface area contributed by atoms with Crippen molar-refractivity contribution in [2.75, 3.05) is 26.2 Å². The molecule has 0 unspecified atom stereocenters. The zero-order chi connectivity index (χ0) is 19.8. The van der Waals surface area contributed by atoms with Crippen LogP contribution in [0, 0.1) is 0 Å². The van der Waals surface area contributed by atoms with Gasteiger partial charge in [-0.1, -0.05) is 29.3 Å². The molecule has 1 aliphatic carbocycles. The number of tetrazole rings is 1. The second-order valence-electron chi connectivity index (χ2n) is 7.30. The Morgan fingerprint density at radius 3 is 2.76 bits per heavy atom. The summed E-state index contributed by atoms with van der Waals surface area (Å²) in [5, 5.41) is 16.1. The van der Waals surface area contributed by atoms with Crippen molar-refractivity contribution in [3.63, 3.8) is 0 Å². The summed E-state index contributed by atoms with van der Waals surface area (Å²) < 4.78 is 8.16. The van der Waals surface area contributed by atoms with Gasteiger partial charge in [-0.3, -0.25) is 4.90 Å². The first kappa shape index (κ1) is 18.8. The molecule has 1 aliphatic heterocycles. The van der Waals surface area contributed by atoms with E-state index in [0.29, 0.717) is 10.0 Å². The molecule has 2 heterocycles. The summed E-state index contributed by atoms with van der Waals surface area (Å²) in [7, 11) is 0. The maximum atomic E-state index is 6.56. The maximum absolute atomic E-state index is 6.56. The van der Waals surface area contributed by atoms with Crippen LogP contribution in [0.2, 0.25) is 10.0 Å². The van der Waals surface area contributed by atoms with Crippen LogP contribution in [-0.2, 0) is 6.42 Å². The van der Waals surface area contributed by atoms with Crippen molar-refractivity contribution in [3.8, 4) is 11.4 Å². The van der Waals surface area contributed by atoms with E-state index in [0.717, 1.165) is 55.2 Å². The maximum Gasteiger partial charge on any atom is 0.143 e. The lowest BCUT2D eigenvalue weighted by atomic mass is 10.1. The summed E-state index contributed by atoms with van der Waals surface area (Å²) in [6.45, 7) is 3.91. The van der Waals surface area contributed by atoms with E-state index in [1.807, 2.05) is 36.4 Å². The number of rotatable bonds is 4. The predicted octanol–water partition coefficient (Wildman–Crippen LogP) is 2.92. The standard InChI is InChI=1S/C20H20Cl2N6O/c21-13-8-17-16(18(22)9-13)11-19(27-6-4-23-5-7-27)20(17)29-15-3-1-2-14(10-15)28-12-24-25-26-28/h1-3,8-10,12,19-20,23H,4-7,11H2/t19-,20-/m0/s1. The van der Waals surface area contributed by atoms with Crippen LogP contribution >= 0.6 is 23.2 Å². The molecule has 2 atom stereocenters. The van der Waals surface area contributed by atoms with E-state index < -0.39 is 0 Å². The van der Waals surface area contributed by atoms with Crippen molar-refractivity contribution >= 4 is 23.2 Å². The number of halogens is 2. The van der Waals surface area contributed by atoms with E-state index in [-0.39, 0.29) is 12.1 Å². The van der Waals surface area contributed by atoms with Gasteiger partial charge in [0, 0.05) is 47.9 Å². The molecule has 1 fully saturated rings. The monoisotopic (exact) mass is 430 g/mol. The minimum absolute atomic E-state index is 0.150. The number of nitrogens with zero attached hydrogens (tertiary/aromatic N) is 5. The van der Waals surface area contributed by atoms with Gasteiger partial charge in [0.05, 0.1) is 11.7 Å². The van der Waals surface area contributed by atoms with Crippen molar-refractivity contribution < 1.29 is 4.74 Å². The average Bonchev–Trinajstić information content (AvgIpc) is 3.38. The Morgan fingerprint density at radius 2 is 1.97 bits per heavy atom. The first-order chi connectivity index (χ1) is 14.2. The van der Waals surface area contributed by atoms with E-state index in [1.54, 1.807) is 11.0 Å². The summed E-state index contributed by atoms with van der Waals surface area (Å²) in [5.41, 5.74) is 3.04. The first-order valence-corrected chi connectivity index (χ1v) is 10.4. The fourth-order valence-electron chi connectivity index (χ4n) is 4.22. The molecule has 0 radical (unpaired) electrons. The summed E-state index contributed by atoms with van der Waals surface area (Å²) in [4.78, 5) is 2.48. The number of hydrogen-bond acceptors (Lipinski definition) is 6. The zero-order valence-corrected chi connectivity index (χ0v) is 17.1. The van der Waals surface area contributed by atoms with Gasteiger partial charge in [-0.2, -0.15) is 0 Å². The normalized spacial score (nSPS) is 21.9. The minimum atomic E-state index is -0.150. The fraction of sp³-hybridized carbons (Fsp3) is 0.350. The highest BCUT2D eigenvalue weighted by Crippen LogP contribution is 2.42. The fourth-order valence-corrected chi connectivity index (χ4v) is 4.80. The molecular formula is C20H20Cl2N6O. The van der Waals surface area contributed by atoms with Gasteiger partial charge >= 0.3 is 0 Å². The molecule has 0 saturated carbocycles. The van der Waals surface area contributed by atoms with E-state index in [4.69, 9.17) is 27.9 Å². The Kier molecular flexibility index (Phi) is 5.13. The lowest BCUT2D eigenvalue weighted by Crippen LogP contribution is -2.50. The van der Waals surface area contributed by atoms with E-state index >= 15 is 0 Å². The Bertz CT molecular complexity index is 1010. The zero-order valence-electron chi connectivity index (χ0n) is 15.6. The Hall–Kier alpha value is -2.19. The number of nitrogens with one attached hydrogen (secondary N) is 1. The van der Waals surface area contributed by atoms with Gasteiger partial charge in [0.15, 0.2) is 0 Å². The highest BCUT2D eigenvalue weighted by atomic mass is 35.5. The number of fused-ring (bicyclic) bond motifs is 1. The number of hydrogen-bond donors (Lipinski definition) is 1. The van der Waals surface area contributed by atoms with Crippen molar-refractivity contribution in [2.45, 2.75) is 18.6 Å². The molecule has 29 heavy (non-hydrogen) atoms. The molecule has 9 heteroatoms. The lowest BCUT2D eigenvalue weighted by Gasteiger charge is -2.36. The van der Waals surface area contributed by atoms with Gasteiger partial charge in [0.2, 0.25) is 0 Å². The summed E-state index contributed by atoms with van der Waals surface area (Å²) in [6, 6.07) is 11.8. The van der Waals surface area contributed by atoms with Crippen LogP contribution in [0.5, 0.6) is 5.75 Å². The topological polar surface area (TPSA) is 68.1 Å². The lowest BCUT2D eigenvalue weighted by molar-refractivity contribution is 0.0693. The van der Waals surface area contributed by atoms with Gasteiger partial charge in [0.1, 0.15) is 18.2 Å². The third-order valence-corrected chi connectivity index (χ3v) is 6.13. The molecule has 0 bridgehead atoms. The number of aromatic nitrogens is 4. The molecule has 2 aromatic carbocycles. The quantitative estimate of drug-likeness (QED) is 0.686. The minimum Gasteiger partial charge on any atom is -0.484 e. The van der Waals surface area contributed by atoms with Gasteiger partial charge in [-0.15, -0.1) is 5.10 Å². The highest BCUT2D eigenvalue weighted by molar-refractivity contribution is 6.35. The van der Waals surface area contributed by atoms with Gasteiger partial charge in [0.25, 0.3) is 0 Å². The van der Waals surface area contributed by atoms with Crippen LogP contribution in [0.4, 0.5) is 0 Å². The van der Waals surface area contributed by atoms with Crippen molar-refractivity contribution in [1.29, 1.82) is 0 Å². The Labute approximate surface area is 178 Å². The second kappa shape index (κ2) is 7.91. The highest BCUT2D eigenvalue weighted by Gasteiger charge is 2.39. The van der Waals surface area contributed by atoms with Gasteiger partial charge in [-0.25, -0.2) is 4.68 Å². The summed E-state index contributed by atoms with van der Waals surface area (Å²) in [5.74, 6) is 0.757. The van der Waals surface area contributed by atoms with E-state index in [9.17, 15) is 0 Å². The molecule has 0 spiro atoms. The molecule has 1 aromatic heterocycles. The van der Waals surface area contributed by atoms with Crippen molar-refractivity contribution in [1.82, 2.24) is 30.4 Å². The van der Waals surface area contributed by atoms with Crippen molar-refractivity contribution in [2.24, 2.45) is 0 Å². The number of ether oxygens (including phenoxy) is 1. The third-order valence-electron chi connectivity index (χ3n) is 5.58. The average molecular weight is 431 g/mol. The van der Waals surface area contributed by atoms with Crippen LogP contribution in [-0.4, -0.2) is 57.3 Å². The Balaban J connectivity index is 1.49. The van der Waals surface area contributed by atoms with Crippen LogP contribution in [0.3, 0.4) is 0 Å². The van der Waals surface area contributed by atoms with Crippen LogP contribution in [0.25, 0.3) is 5.69 Å². The molecule has 3 aromatic rings. The van der Waals surface area contributed by atoms with Crippen molar-refractivity contribution in [3.05, 3.63) is 63.9 Å². The smallest absolute Gasteiger partial charge is 0.143 e. The third kappa shape index (κ3) is 3.71. The van der Waals surface area contributed by atoms with E-state index in [2.05, 4.69) is 25.7 Å². The van der Waals surface area contributed by atoms with Gasteiger partial charge in [-0.05, 0) is 46.7 Å². The first-order valence-electron chi connectivity index (χ1n) is 9.62. The molecular weight excluding hydrogens is 411 g/mol. The predicted molar refractivity (Wildman–Crippen MR) is 111 cm³/mol. The summed E-state index contributed by atoms with van der Waals surface area (Å²) in [6.07, 6.45) is 2.26. The van der Waals surface area contributed by atoms with Crippen LogP contribution in [0.15, 0.2) is 42.7 Å². The molecule has 1 N–H and O–H groups in total. The SMILES string of the molecule is Clc1cc(Cl)c2c(c1)[C@H](Oc1cccc(-n3cnnn3)c1)[C@@H](N1CCNCC1)C2.